The highest BCUT2D eigenvalue weighted by molar-refractivity contribution is 6.05. The lowest BCUT2D eigenvalue weighted by Crippen LogP contribution is -2.28. The number of aromatic nitrogens is 1. The van der Waals surface area contributed by atoms with Crippen LogP contribution in [0, 0.1) is 0 Å². The molecule has 1 aliphatic carbocycles. The lowest BCUT2D eigenvalue weighted by molar-refractivity contribution is -0.118. The van der Waals surface area contributed by atoms with Crippen molar-refractivity contribution in [1.82, 2.24) is 4.98 Å². The molecule has 1 fully saturated rings. The van der Waals surface area contributed by atoms with Crippen molar-refractivity contribution in [3.63, 3.8) is 0 Å². The second-order valence-electron chi connectivity index (χ2n) is 6.95. The smallest absolute Gasteiger partial charge is 0.235 e. The molecule has 4 nitrogen and oxygen atoms in total. The number of carbonyl (C=O) groups excluding carboxylic acids is 1. The van der Waals surface area contributed by atoms with E-state index in [9.17, 15) is 4.79 Å². The van der Waals surface area contributed by atoms with Crippen LogP contribution in [0.3, 0.4) is 0 Å². The number of anilines is 1. The molecular weight excluding hydrogens is 312 g/mol. The van der Waals surface area contributed by atoms with E-state index >= 15 is 0 Å². The molecule has 1 aliphatic rings. The van der Waals surface area contributed by atoms with Gasteiger partial charge in [-0.1, -0.05) is 30.3 Å². The summed E-state index contributed by atoms with van der Waals surface area (Å²) in [6.45, 7) is 3.96. The molecule has 25 heavy (non-hydrogen) atoms. The number of ether oxygens (including phenoxy) is 1. The summed E-state index contributed by atoms with van der Waals surface area (Å²) in [6.07, 6.45) is 3.77. The van der Waals surface area contributed by atoms with Gasteiger partial charge in [0.05, 0.1) is 17.2 Å². The minimum atomic E-state index is -0.440. The average Bonchev–Trinajstić information content (AvgIpc) is 3.29. The fourth-order valence-electron chi connectivity index (χ4n) is 3.38. The minimum absolute atomic E-state index is 0.0389. The summed E-state index contributed by atoms with van der Waals surface area (Å²) in [5.41, 5.74) is 2.44. The van der Waals surface area contributed by atoms with E-state index in [1.807, 2.05) is 62.5 Å². The quantitative estimate of drug-likeness (QED) is 0.715. The van der Waals surface area contributed by atoms with E-state index in [0.29, 0.717) is 5.75 Å². The first-order chi connectivity index (χ1) is 12.1. The number of nitrogens with one attached hydrogen (secondary N) is 2. The molecular formula is C21H22N2O2. The predicted molar refractivity (Wildman–Crippen MR) is 100 cm³/mol. The van der Waals surface area contributed by atoms with Crippen LogP contribution >= 0.6 is 0 Å². The Labute approximate surface area is 147 Å². The SMILES string of the molecule is CC(C)Oc1ccccc1NC(=O)C1(c2c[nH]c3ccccc23)CC1. The third-order valence-corrected chi connectivity index (χ3v) is 4.79. The zero-order chi connectivity index (χ0) is 17.4. The number of benzene rings is 2. The highest BCUT2D eigenvalue weighted by Crippen LogP contribution is 2.51. The minimum Gasteiger partial charge on any atom is -0.489 e. The first-order valence-corrected chi connectivity index (χ1v) is 8.74. The van der Waals surface area contributed by atoms with Crippen molar-refractivity contribution in [2.75, 3.05) is 5.32 Å². The fraction of sp³-hybridized carbons (Fsp3) is 0.286. The Morgan fingerprint density at radius 3 is 2.60 bits per heavy atom. The van der Waals surface area contributed by atoms with Crippen LogP contribution in [0.5, 0.6) is 5.75 Å². The number of hydrogen-bond acceptors (Lipinski definition) is 2. The second-order valence-corrected chi connectivity index (χ2v) is 6.95. The average molecular weight is 334 g/mol. The number of aromatic amines is 1. The Balaban J connectivity index is 1.64. The van der Waals surface area contributed by atoms with Crippen LogP contribution in [0.1, 0.15) is 32.3 Å². The number of rotatable bonds is 5. The van der Waals surface area contributed by atoms with Crippen molar-refractivity contribution < 1.29 is 9.53 Å². The van der Waals surface area contributed by atoms with Crippen LogP contribution in [-0.2, 0) is 10.2 Å². The standard InChI is InChI=1S/C21H22N2O2/c1-14(2)25-19-10-6-5-9-18(19)23-20(24)21(11-12-21)16-13-22-17-8-4-3-7-15(16)17/h3-10,13-14,22H,11-12H2,1-2H3,(H,23,24). The Kier molecular flexibility index (Phi) is 3.75. The second kappa shape index (κ2) is 5.96. The molecule has 4 heteroatoms. The summed E-state index contributed by atoms with van der Waals surface area (Å²) in [7, 11) is 0. The zero-order valence-corrected chi connectivity index (χ0v) is 14.5. The summed E-state index contributed by atoms with van der Waals surface area (Å²) in [5.74, 6) is 0.748. The maximum Gasteiger partial charge on any atom is 0.235 e. The Bertz CT molecular complexity index is 922. The van der Waals surface area contributed by atoms with Crippen LogP contribution in [0.15, 0.2) is 54.7 Å². The van der Waals surface area contributed by atoms with Gasteiger partial charge in [-0.2, -0.15) is 0 Å². The normalized spacial score (nSPS) is 15.3. The predicted octanol–water partition coefficient (Wildman–Crippen LogP) is 4.63. The molecule has 3 aromatic rings. The molecule has 2 aromatic carbocycles. The Morgan fingerprint density at radius 2 is 1.84 bits per heavy atom. The number of fused-ring (bicyclic) bond motifs is 1. The van der Waals surface area contributed by atoms with Crippen molar-refractivity contribution in [3.8, 4) is 5.75 Å². The lowest BCUT2D eigenvalue weighted by Gasteiger charge is -2.18. The van der Waals surface area contributed by atoms with Crippen LogP contribution in [0.25, 0.3) is 10.9 Å². The van der Waals surface area contributed by atoms with Crippen molar-refractivity contribution in [2.45, 2.75) is 38.2 Å². The molecule has 0 radical (unpaired) electrons. The molecule has 1 amide bonds. The zero-order valence-electron chi connectivity index (χ0n) is 14.5. The Morgan fingerprint density at radius 1 is 1.12 bits per heavy atom. The molecule has 4 rings (SSSR count). The van der Waals surface area contributed by atoms with Crippen LogP contribution in [0.2, 0.25) is 0 Å². The summed E-state index contributed by atoms with van der Waals surface area (Å²) in [5, 5.41) is 4.22. The van der Waals surface area contributed by atoms with Gasteiger partial charge in [0.1, 0.15) is 5.75 Å². The van der Waals surface area contributed by atoms with Gasteiger partial charge < -0.3 is 15.0 Å². The fourth-order valence-corrected chi connectivity index (χ4v) is 3.38. The highest BCUT2D eigenvalue weighted by Gasteiger charge is 2.52. The van der Waals surface area contributed by atoms with E-state index in [1.165, 1.54) is 0 Å². The maximum atomic E-state index is 13.1. The third-order valence-electron chi connectivity index (χ3n) is 4.79. The van der Waals surface area contributed by atoms with Crippen LogP contribution in [-0.4, -0.2) is 17.0 Å². The number of hydrogen-bond donors (Lipinski definition) is 2. The van der Waals surface area contributed by atoms with Gasteiger partial charge in [-0.25, -0.2) is 0 Å². The van der Waals surface area contributed by atoms with Crippen molar-refractivity contribution in [1.29, 1.82) is 0 Å². The molecule has 1 aromatic heterocycles. The lowest BCUT2D eigenvalue weighted by atomic mass is 9.94. The van der Waals surface area contributed by atoms with E-state index < -0.39 is 5.41 Å². The van der Waals surface area contributed by atoms with E-state index in [0.717, 1.165) is 35.0 Å². The first-order valence-electron chi connectivity index (χ1n) is 8.74. The summed E-state index contributed by atoms with van der Waals surface area (Å²) >= 11 is 0. The number of carbonyl (C=O) groups is 1. The van der Waals surface area contributed by atoms with Gasteiger partial charge >= 0.3 is 0 Å². The molecule has 0 bridgehead atoms. The third kappa shape index (κ3) is 2.78. The number of amides is 1. The maximum absolute atomic E-state index is 13.1. The molecule has 0 unspecified atom stereocenters. The van der Waals surface area contributed by atoms with Crippen molar-refractivity contribution in [2.24, 2.45) is 0 Å². The summed E-state index contributed by atoms with van der Waals surface area (Å²) < 4.78 is 5.82. The van der Waals surface area contributed by atoms with Crippen molar-refractivity contribution in [3.05, 3.63) is 60.3 Å². The summed E-state index contributed by atoms with van der Waals surface area (Å²) in [4.78, 5) is 16.4. The number of para-hydroxylation sites is 3. The Hall–Kier alpha value is -2.75. The van der Waals surface area contributed by atoms with Crippen LogP contribution < -0.4 is 10.1 Å². The highest BCUT2D eigenvalue weighted by atomic mass is 16.5. The van der Waals surface area contributed by atoms with Gasteiger partial charge in [-0.05, 0) is 50.5 Å². The number of H-pyrrole nitrogens is 1. The van der Waals surface area contributed by atoms with E-state index in [-0.39, 0.29) is 12.0 Å². The topological polar surface area (TPSA) is 54.1 Å². The first kappa shape index (κ1) is 15.8. The van der Waals surface area contributed by atoms with Crippen molar-refractivity contribution >= 4 is 22.5 Å². The molecule has 1 saturated carbocycles. The van der Waals surface area contributed by atoms with E-state index in [2.05, 4.69) is 16.4 Å². The monoisotopic (exact) mass is 334 g/mol. The van der Waals surface area contributed by atoms with Gasteiger partial charge in [0, 0.05) is 17.1 Å². The molecule has 128 valence electrons. The van der Waals surface area contributed by atoms with Gasteiger partial charge in [0.2, 0.25) is 5.91 Å². The molecule has 0 spiro atoms. The van der Waals surface area contributed by atoms with Crippen LogP contribution in [0.4, 0.5) is 5.69 Å². The van der Waals surface area contributed by atoms with Gasteiger partial charge in [0.15, 0.2) is 0 Å². The summed E-state index contributed by atoms with van der Waals surface area (Å²) in [6, 6.07) is 15.7. The van der Waals surface area contributed by atoms with E-state index in [1.54, 1.807) is 0 Å². The largest absolute Gasteiger partial charge is 0.489 e. The molecule has 1 heterocycles. The molecule has 0 saturated heterocycles. The van der Waals surface area contributed by atoms with Gasteiger partial charge in [-0.15, -0.1) is 0 Å². The van der Waals surface area contributed by atoms with Gasteiger partial charge in [-0.3, -0.25) is 4.79 Å². The molecule has 0 aliphatic heterocycles. The molecule has 0 atom stereocenters. The molecule has 2 N–H and O–H groups in total. The van der Waals surface area contributed by atoms with Gasteiger partial charge in [0.25, 0.3) is 0 Å². The van der Waals surface area contributed by atoms with E-state index in [4.69, 9.17) is 4.74 Å².